The van der Waals surface area contributed by atoms with Gasteiger partial charge in [-0.15, -0.1) is 0 Å². The molecule has 1 spiro atoms. The van der Waals surface area contributed by atoms with Crippen LogP contribution in [0.25, 0.3) is 0 Å². The highest BCUT2D eigenvalue weighted by molar-refractivity contribution is 6.02. The number of rotatable bonds is 13. The Morgan fingerprint density at radius 1 is 1.12 bits per heavy atom. The van der Waals surface area contributed by atoms with Crippen LogP contribution in [0.4, 0.5) is 5.69 Å². The maximum absolute atomic E-state index is 14.4. The molecule has 3 saturated heterocycles. The molecule has 0 radical (unpaired) electrons. The van der Waals surface area contributed by atoms with Crippen LogP contribution in [-0.2, 0) is 19.1 Å². The van der Waals surface area contributed by atoms with Crippen molar-refractivity contribution < 1.29 is 29.0 Å². The van der Waals surface area contributed by atoms with Crippen LogP contribution >= 0.6 is 0 Å². The molecule has 3 unspecified atom stereocenters. The molecule has 2 bridgehead atoms. The second-order valence-electron chi connectivity index (χ2n) is 11.9. The number of amides is 3. The number of likely N-dealkylation sites (tertiary alicyclic amines) is 1. The first-order chi connectivity index (χ1) is 19.1. The third kappa shape index (κ3) is 5.00. The lowest BCUT2D eigenvalue weighted by atomic mass is 9.65. The molecule has 3 aliphatic rings. The molecule has 0 aromatic heterocycles. The van der Waals surface area contributed by atoms with Crippen LogP contribution in [0.15, 0.2) is 24.3 Å². The van der Waals surface area contributed by atoms with Crippen LogP contribution in [0.5, 0.6) is 5.75 Å². The van der Waals surface area contributed by atoms with Gasteiger partial charge in [-0.2, -0.15) is 0 Å². The van der Waals surface area contributed by atoms with Crippen molar-refractivity contribution in [1.82, 2.24) is 10.2 Å². The number of aliphatic hydroxyl groups excluding tert-OH is 1. The first-order valence-electron chi connectivity index (χ1n) is 15.1. The second kappa shape index (κ2) is 12.1. The molecule has 9 heteroatoms. The fourth-order valence-corrected chi connectivity index (χ4v) is 7.37. The normalized spacial score (nSPS) is 31.0. The molecule has 40 heavy (non-hydrogen) atoms. The molecule has 4 rings (SSSR count). The van der Waals surface area contributed by atoms with E-state index in [1.165, 1.54) is 0 Å². The molecule has 1 aromatic carbocycles. The van der Waals surface area contributed by atoms with Crippen molar-refractivity contribution in [3.63, 3.8) is 0 Å². The Morgan fingerprint density at radius 2 is 1.82 bits per heavy atom. The lowest BCUT2D eigenvalue weighted by molar-refractivity contribution is -0.151. The van der Waals surface area contributed by atoms with E-state index in [4.69, 9.17) is 9.47 Å². The summed E-state index contributed by atoms with van der Waals surface area (Å²) in [6.07, 6.45) is 4.11. The molecule has 1 aromatic rings. The Bertz CT molecular complexity index is 1080. The van der Waals surface area contributed by atoms with Gasteiger partial charge < -0.3 is 30.1 Å². The Hall–Kier alpha value is -2.65. The van der Waals surface area contributed by atoms with Crippen LogP contribution in [0, 0.1) is 17.8 Å². The summed E-state index contributed by atoms with van der Waals surface area (Å²) in [6, 6.07) is 5.63. The third-order valence-electron chi connectivity index (χ3n) is 9.54. The number of fused-ring (bicyclic) bond motifs is 1. The summed E-state index contributed by atoms with van der Waals surface area (Å²) >= 11 is 0. The molecule has 3 N–H and O–H groups in total. The zero-order valence-electron chi connectivity index (χ0n) is 24.9. The number of ether oxygens (including phenoxy) is 2. The lowest BCUT2D eigenvalue weighted by Gasteiger charge is -2.39. The summed E-state index contributed by atoms with van der Waals surface area (Å²) in [4.78, 5) is 44.0. The molecule has 9 nitrogen and oxygen atoms in total. The van der Waals surface area contributed by atoms with Gasteiger partial charge in [-0.05, 0) is 69.7 Å². The number of nitrogens with zero attached hydrogens (tertiary/aromatic N) is 1. The van der Waals surface area contributed by atoms with Crippen molar-refractivity contribution in [2.45, 2.75) is 109 Å². The number of hydrogen-bond acceptors (Lipinski definition) is 6. The van der Waals surface area contributed by atoms with E-state index < -0.39 is 35.1 Å². The SMILES string of the molecule is CCCC(C)NC(=O)C1N([C@@H](CO)[C@@H](C)CC)C(=O)[C@@H]2[C@@H](C(=O)Nc3ccc(OCC)cc3)[C@@]3(CC)CCC12O3. The van der Waals surface area contributed by atoms with Crippen molar-refractivity contribution in [2.24, 2.45) is 17.8 Å². The van der Waals surface area contributed by atoms with Crippen molar-refractivity contribution in [1.29, 1.82) is 0 Å². The number of nitrogens with one attached hydrogen (secondary N) is 2. The van der Waals surface area contributed by atoms with Crippen molar-refractivity contribution in [3.05, 3.63) is 24.3 Å². The number of anilines is 1. The number of carbonyl (C=O) groups is 3. The average Bonchev–Trinajstić information content (AvgIpc) is 3.54. The second-order valence-corrected chi connectivity index (χ2v) is 11.9. The molecular formula is C31H47N3O6. The number of aliphatic hydroxyl groups is 1. The Kier molecular flexibility index (Phi) is 9.15. The van der Waals surface area contributed by atoms with E-state index in [0.717, 1.165) is 19.3 Å². The fourth-order valence-electron chi connectivity index (χ4n) is 7.37. The maximum atomic E-state index is 14.4. The number of hydrogen-bond donors (Lipinski definition) is 3. The van der Waals surface area contributed by atoms with E-state index in [1.54, 1.807) is 29.2 Å². The van der Waals surface area contributed by atoms with Gasteiger partial charge in [-0.3, -0.25) is 14.4 Å². The lowest BCUT2D eigenvalue weighted by Crippen LogP contribution is -2.60. The van der Waals surface area contributed by atoms with Crippen LogP contribution in [0.1, 0.15) is 80.1 Å². The highest BCUT2D eigenvalue weighted by Crippen LogP contribution is 2.64. The predicted molar refractivity (Wildman–Crippen MR) is 153 cm³/mol. The van der Waals surface area contributed by atoms with E-state index in [-0.39, 0.29) is 36.3 Å². The van der Waals surface area contributed by atoms with Gasteiger partial charge in [0, 0.05) is 11.7 Å². The topological polar surface area (TPSA) is 117 Å². The van der Waals surface area contributed by atoms with E-state index >= 15 is 0 Å². The van der Waals surface area contributed by atoms with E-state index in [2.05, 4.69) is 17.6 Å². The monoisotopic (exact) mass is 557 g/mol. The fraction of sp³-hybridized carbons (Fsp3) is 0.710. The molecule has 3 amide bonds. The zero-order chi connectivity index (χ0) is 29.2. The van der Waals surface area contributed by atoms with Gasteiger partial charge in [-0.25, -0.2) is 0 Å². The van der Waals surface area contributed by atoms with Crippen LogP contribution in [0.2, 0.25) is 0 Å². The molecule has 3 aliphatic heterocycles. The van der Waals surface area contributed by atoms with Gasteiger partial charge in [0.1, 0.15) is 17.4 Å². The smallest absolute Gasteiger partial charge is 0.246 e. The van der Waals surface area contributed by atoms with Crippen molar-refractivity contribution >= 4 is 23.4 Å². The standard InChI is InChI=1S/C31H47N3O6/c1-7-11-20(6)32-28(37)26-31-17-16-30(9-3,40-31)24(25(31)29(38)34(26)23(18-35)19(5)8-2)27(36)33-21-12-14-22(15-13-21)39-10-4/h12-15,19-20,23-26,35H,7-11,16-18H2,1-6H3,(H,32,37)(H,33,36)/t19-,20?,23-,24-,25-,26?,30+,31?/m0/s1. The summed E-state index contributed by atoms with van der Waals surface area (Å²) < 4.78 is 12.4. The predicted octanol–water partition coefficient (Wildman–Crippen LogP) is 3.89. The van der Waals surface area contributed by atoms with E-state index in [0.29, 0.717) is 37.3 Å². The molecule has 222 valence electrons. The Labute approximate surface area is 238 Å². The Morgan fingerprint density at radius 3 is 2.40 bits per heavy atom. The quantitative estimate of drug-likeness (QED) is 0.339. The third-order valence-corrected chi connectivity index (χ3v) is 9.54. The van der Waals surface area contributed by atoms with Crippen molar-refractivity contribution in [3.8, 4) is 5.75 Å². The zero-order valence-corrected chi connectivity index (χ0v) is 24.9. The average molecular weight is 558 g/mol. The summed E-state index contributed by atoms with van der Waals surface area (Å²) in [6.45, 7) is 12.2. The van der Waals surface area contributed by atoms with E-state index in [9.17, 15) is 19.5 Å². The summed E-state index contributed by atoms with van der Waals surface area (Å²) in [7, 11) is 0. The first-order valence-corrected chi connectivity index (χ1v) is 15.1. The summed E-state index contributed by atoms with van der Waals surface area (Å²) in [5, 5.41) is 16.6. The minimum atomic E-state index is -1.12. The van der Waals surface area contributed by atoms with Gasteiger partial charge in [0.25, 0.3) is 0 Å². The van der Waals surface area contributed by atoms with Gasteiger partial charge in [-0.1, -0.05) is 40.5 Å². The van der Waals surface area contributed by atoms with E-state index in [1.807, 2.05) is 34.6 Å². The van der Waals surface area contributed by atoms with Crippen LogP contribution < -0.4 is 15.4 Å². The van der Waals surface area contributed by atoms with Gasteiger partial charge >= 0.3 is 0 Å². The van der Waals surface area contributed by atoms with Gasteiger partial charge in [0.2, 0.25) is 17.7 Å². The van der Waals surface area contributed by atoms with Gasteiger partial charge in [0.05, 0.1) is 36.7 Å². The molecular weight excluding hydrogens is 510 g/mol. The Balaban J connectivity index is 1.73. The summed E-state index contributed by atoms with van der Waals surface area (Å²) in [5.41, 5.74) is -1.35. The highest BCUT2D eigenvalue weighted by atomic mass is 16.5. The molecule has 3 heterocycles. The van der Waals surface area contributed by atoms with Gasteiger partial charge in [0.15, 0.2) is 0 Å². The maximum Gasteiger partial charge on any atom is 0.246 e. The van der Waals surface area contributed by atoms with Crippen LogP contribution in [0.3, 0.4) is 0 Å². The van der Waals surface area contributed by atoms with Crippen molar-refractivity contribution in [2.75, 3.05) is 18.5 Å². The van der Waals surface area contributed by atoms with Crippen LogP contribution in [-0.4, -0.2) is 70.3 Å². The molecule has 8 atom stereocenters. The number of benzene rings is 1. The summed E-state index contributed by atoms with van der Waals surface area (Å²) in [5.74, 6) is -1.71. The first kappa shape index (κ1) is 30.3. The molecule has 3 fully saturated rings. The molecule has 0 aliphatic carbocycles. The molecule has 0 saturated carbocycles. The minimum Gasteiger partial charge on any atom is -0.494 e. The minimum absolute atomic E-state index is 0.0407. The largest absolute Gasteiger partial charge is 0.494 e. The number of carbonyl (C=O) groups excluding carboxylic acids is 3. The highest BCUT2D eigenvalue weighted by Gasteiger charge is 2.79.